The van der Waals surface area contributed by atoms with Crippen LogP contribution in [0.1, 0.15) is 6.42 Å². The van der Waals surface area contributed by atoms with E-state index in [0.29, 0.717) is 6.42 Å². The summed E-state index contributed by atoms with van der Waals surface area (Å²) >= 11 is 0. The molecule has 7 heavy (non-hydrogen) atoms. The minimum absolute atomic E-state index is 0.0787. The molecule has 0 amide bonds. The van der Waals surface area contributed by atoms with Gasteiger partial charge in [0.1, 0.15) is 0 Å². The highest BCUT2D eigenvalue weighted by Gasteiger charge is 1.91. The topological polar surface area (TPSA) is 20.2 Å². The minimum Gasteiger partial charge on any atom is -0.390 e. The third kappa shape index (κ3) is 3.35. The number of hydrogen-bond acceptors (Lipinski definition) is 1. The summed E-state index contributed by atoms with van der Waals surface area (Å²) in [6.07, 6.45) is 5.40. The average Bonchev–Trinajstić information content (AvgIpc) is 1.68. The molecule has 0 aliphatic carbocycles. The van der Waals surface area contributed by atoms with Gasteiger partial charge >= 0.3 is 0 Å². The fraction of sp³-hybridized carbons (Fsp3) is 0.333. The van der Waals surface area contributed by atoms with Crippen molar-refractivity contribution < 1.29 is 5.11 Å². The number of rotatable bonds is 2. The quantitative estimate of drug-likeness (QED) is 0.508. The van der Waals surface area contributed by atoms with Crippen molar-refractivity contribution in [3.8, 4) is 12.3 Å². The van der Waals surface area contributed by atoms with Crippen LogP contribution in [0.5, 0.6) is 0 Å². The maximum absolute atomic E-state index is 8.11. The van der Waals surface area contributed by atoms with Gasteiger partial charge in [-0.05, 0) is 13.3 Å². The number of aliphatic hydroxyl groups excluding tert-OH is 1. The molecule has 0 spiro atoms. The standard InChI is InChI=1S/C6H8O/c1-3-6(2)4-5-7/h1,5-7H,2,4H2. The highest BCUT2D eigenvalue weighted by Crippen LogP contribution is 1.97. The molecular weight excluding hydrogens is 88.1 g/mol. The molecule has 0 fully saturated rings. The molecule has 1 heteroatoms. The lowest BCUT2D eigenvalue weighted by Crippen LogP contribution is -1.88. The fourth-order valence-electron chi connectivity index (χ4n) is 0.195. The molecule has 0 saturated carbocycles. The van der Waals surface area contributed by atoms with Gasteiger partial charge in [0.15, 0.2) is 0 Å². The molecule has 1 atom stereocenters. The second kappa shape index (κ2) is 3.70. The maximum atomic E-state index is 8.11. The first-order valence-electron chi connectivity index (χ1n) is 2.06. The third-order valence-electron chi connectivity index (χ3n) is 0.626. The van der Waals surface area contributed by atoms with Crippen molar-refractivity contribution in [2.24, 2.45) is 5.92 Å². The van der Waals surface area contributed by atoms with Gasteiger partial charge in [-0.25, -0.2) is 0 Å². The Bertz CT molecular complexity index is 70.7. The largest absolute Gasteiger partial charge is 0.390 e. The third-order valence-corrected chi connectivity index (χ3v) is 0.626. The average molecular weight is 96.1 g/mol. The fourth-order valence-corrected chi connectivity index (χ4v) is 0.195. The van der Waals surface area contributed by atoms with Crippen LogP contribution in [-0.2, 0) is 0 Å². The van der Waals surface area contributed by atoms with E-state index in [0.717, 1.165) is 6.61 Å². The lowest BCUT2D eigenvalue weighted by Gasteiger charge is -1.94. The molecule has 1 nitrogen and oxygen atoms in total. The van der Waals surface area contributed by atoms with E-state index in [4.69, 9.17) is 11.5 Å². The van der Waals surface area contributed by atoms with Crippen LogP contribution >= 0.6 is 0 Å². The highest BCUT2D eigenvalue weighted by molar-refractivity contribution is 4.95. The summed E-state index contributed by atoms with van der Waals surface area (Å²) in [4.78, 5) is 0. The Morgan fingerprint density at radius 2 is 2.57 bits per heavy atom. The van der Waals surface area contributed by atoms with E-state index < -0.39 is 0 Å². The van der Waals surface area contributed by atoms with Crippen molar-refractivity contribution >= 4 is 0 Å². The molecule has 0 aromatic rings. The Labute approximate surface area is 44.4 Å². The molecule has 2 radical (unpaired) electrons. The van der Waals surface area contributed by atoms with Crippen LogP contribution in [0.25, 0.3) is 0 Å². The van der Waals surface area contributed by atoms with Crippen LogP contribution in [0.3, 0.4) is 0 Å². The Morgan fingerprint density at radius 1 is 2.00 bits per heavy atom. The predicted molar refractivity (Wildman–Crippen MR) is 28.5 cm³/mol. The molecule has 0 aromatic carbocycles. The van der Waals surface area contributed by atoms with Gasteiger partial charge in [-0.3, -0.25) is 0 Å². The van der Waals surface area contributed by atoms with Crippen molar-refractivity contribution in [2.75, 3.05) is 0 Å². The zero-order valence-corrected chi connectivity index (χ0v) is 4.09. The van der Waals surface area contributed by atoms with Crippen molar-refractivity contribution in [1.82, 2.24) is 0 Å². The summed E-state index contributed by atoms with van der Waals surface area (Å²) in [5.41, 5.74) is 0. The monoisotopic (exact) mass is 96.1 g/mol. The first-order chi connectivity index (χ1) is 3.31. The van der Waals surface area contributed by atoms with E-state index in [1.807, 2.05) is 0 Å². The summed E-state index contributed by atoms with van der Waals surface area (Å²) in [6, 6.07) is 0. The SMILES string of the molecule is C#CC([CH2])C[CH]O. The Balaban J connectivity index is 3.04. The van der Waals surface area contributed by atoms with Crippen molar-refractivity contribution in [3.05, 3.63) is 13.5 Å². The molecule has 0 heterocycles. The molecule has 0 aliphatic rings. The van der Waals surface area contributed by atoms with Crippen molar-refractivity contribution in [3.63, 3.8) is 0 Å². The number of aliphatic hydroxyl groups is 1. The molecule has 38 valence electrons. The van der Waals surface area contributed by atoms with Crippen molar-refractivity contribution in [2.45, 2.75) is 6.42 Å². The second-order valence-corrected chi connectivity index (χ2v) is 1.28. The van der Waals surface area contributed by atoms with Gasteiger partial charge in [-0.15, -0.1) is 12.3 Å². The van der Waals surface area contributed by atoms with Crippen LogP contribution < -0.4 is 0 Å². The van der Waals surface area contributed by atoms with Gasteiger partial charge in [-0.2, -0.15) is 0 Å². The van der Waals surface area contributed by atoms with Gasteiger partial charge < -0.3 is 5.11 Å². The molecular formula is C6H8O. The predicted octanol–water partition coefficient (Wildman–Crippen LogP) is 0.994. The Hall–Kier alpha value is -0.480. The second-order valence-electron chi connectivity index (χ2n) is 1.28. The summed E-state index contributed by atoms with van der Waals surface area (Å²) in [6.45, 7) is 4.54. The lowest BCUT2D eigenvalue weighted by atomic mass is 10.1. The van der Waals surface area contributed by atoms with E-state index in [-0.39, 0.29) is 5.92 Å². The van der Waals surface area contributed by atoms with E-state index >= 15 is 0 Å². The number of hydrogen-bond donors (Lipinski definition) is 1. The molecule has 1 N–H and O–H groups in total. The summed E-state index contributed by atoms with van der Waals surface area (Å²) < 4.78 is 0. The van der Waals surface area contributed by atoms with E-state index in [9.17, 15) is 0 Å². The Kier molecular flexibility index (Phi) is 3.45. The van der Waals surface area contributed by atoms with E-state index in [1.165, 1.54) is 0 Å². The van der Waals surface area contributed by atoms with Crippen LogP contribution in [-0.4, -0.2) is 5.11 Å². The number of terminal acetylenes is 1. The molecule has 1 unspecified atom stereocenters. The highest BCUT2D eigenvalue weighted by atomic mass is 16.2. The zero-order chi connectivity index (χ0) is 5.70. The van der Waals surface area contributed by atoms with Gasteiger partial charge in [0.05, 0.1) is 6.61 Å². The van der Waals surface area contributed by atoms with Crippen LogP contribution in [0.2, 0.25) is 0 Å². The van der Waals surface area contributed by atoms with E-state index in [1.54, 1.807) is 0 Å². The minimum atomic E-state index is -0.0787. The first-order valence-corrected chi connectivity index (χ1v) is 2.06. The lowest BCUT2D eigenvalue weighted by molar-refractivity contribution is 0.366. The molecule has 0 saturated heterocycles. The van der Waals surface area contributed by atoms with Crippen LogP contribution in [0.4, 0.5) is 0 Å². The molecule has 0 rings (SSSR count). The van der Waals surface area contributed by atoms with Gasteiger partial charge in [0.25, 0.3) is 0 Å². The summed E-state index contributed by atoms with van der Waals surface area (Å²) in [5.74, 6) is 2.28. The van der Waals surface area contributed by atoms with Crippen LogP contribution in [0, 0.1) is 31.8 Å². The van der Waals surface area contributed by atoms with Gasteiger partial charge in [-0.1, -0.05) is 0 Å². The van der Waals surface area contributed by atoms with Crippen molar-refractivity contribution in [1.29, 1.82) is 0 Å². The zero-order valence-electron chi connectivity index (χ0n) is 4.09. The van der Waals surface area contributed by atoms with E-state index in [2.05, 4.69) is 12.8 Å². The first kappa shape index (κ1) is 6.52. The molecule has 0 bridgehead atoms. The Morgan fingerprint density at radius 3 is 2.71 bits per heavy atom. The molecule has 0 aromatic heterocycles. The van der Waals surface area contributed by atoms with Gasteiger partial charge in [0, 0.05) is 5.92 Å². The smallest absolute Gasteiger partial charge is 0.0811 e. The normalized spacial score (nSPS) is 12.7. The summed E-state index contributed by atoms with van der Waals surface area (Å²) in [7, 11) is 0. The maximum Gasteiger partial charge on any atom is 0.0811 e. The molecule has 0 aliphatic heterocycles. The summed E-state index contributed by atoms with van der Waals surface area (Å²) in [5, 5.41) is 8.11. The van der Waals surface area contributed by atoms with Crippen LogP contribution in [0.15, 0.2) is 0 Å². The van der Waals surface area contributed by atoms with Gasteiger partial charge in [0.2, 0.25) is 0 Å².